The highest BCUT2D eigenvalue weighted by molar-refractivity contribution is 6.16. The molecule has 2 aromatic heterocycles. The number of aromatic nitrogens is 2. The molecule has 0 saturated heterocycles. The van der Waals surface area contributed by atoms with Crippen LogP contribution in [0.3, 0.4) is 0 Å². The molecule has 3 aromatic rings. The number of hydrogen-bond donors (Lipinski definition) is 0. The molecule has 0 radical (unpaired) electrons. The second-order valence-corrected chi connectivity index (χ2v) is 5.31. The van der Waals surface area contributed by atoms with E-state index in [1.807, 2.05) is 24.3 Å². The van der Waals surface area contributed by atoms with E-state index in [-0.39, 0.29) is 12.3 Å². The maximum Gasteiger partial charge on any atom is 0.419 e. The highest BCUT2D eigenvalue weighted by atomic mass is 16.7. The number of carbonyl (C=O) groups is 2. The zero-order valence-corrected chi connectivity index (χ0v) is 13.1. The number of esters is 1. The number of ether oxygens (including phenoxy) is 3. The summed E-state index contributed by atoms with van der Waals surface area (Å²) in [4.78, 5) is 28.6. The molecule has 1 aliphatic heterocycles. The lowest BCUT2D eigenvalue weighted by atomic mass is 10.1. The van der Waals surface area contributed by atoms with E-state index in [0.717, 1.165) is 5.39 Å². The van der Waals surface area contributed by atoms with Gasteiger partial charge in [-0.1, -0.05) is 18.2 Å². The molecule has 0 amide bonds. The number of fused-ring (bicyclic) bond motifs is 5. The molecule has 1 aromatic carbocycles. The van der Waals surface area contributed by atoms with E-state index in [2.05, 4.69) is 4.98 Å². The molecular weight excluding hydrogens is 312 g/mol. The molecule has 7 nitrogen and oxygen atoms in total. The third kappa shape index (κ3) is 1.85. The summed E-state index contributed by atoms with van der Waals surface area (Å²) in [6.07, 6.45) is 0.152. The van der Waals surface area contributed by atoms with Crippen LogP contribution in [0.25, 0.3) is 21.8 Å². The lowest BCUT2D eigenvalue weighted by Gasteiger charge is -2.09. The van der Waals surface area contributed by atoms with Crippen molar-refractivity contribution < 1.29 is 23.8 Å². The van der Waals surface area contributed by atoms with Crippen LogP contribution in [0, 0.1) is 0 Å². The van der Waals surface area contributed by atoms with Gasteiger partial charge in [0.05, 0.1) is 29.4 Å². The molecule has 1 atom stereocenters. The minimum Gasteiger partial charge on any atom is -0.449 e. The van der Waals surface area contributed by atoms with Crippen molar-refractivity contribution in [3.05, 3.63) is 41.7 Å². The fourth-order valence-corrected chi connectivity index (χ4v) is 3.13. The summed E-state index contributed by atoms with van der Waals surface area (Å²) in [6, 6.07) is 7.39. The number of rotatable bonds is 2. The lowest BCUT2D eigenvalue weighted by molar-refractivity contribution is -0.0808. The molecule has 24 heavy (non-hydrogen) atoms. The summed E-state index contributed by atoms with van der Waals surface area (Å²) in [7, 11) is 1.45. The lowest BCUT2D eigenvalue weighted by Crippen LogP contribution is -2.13. The van der Waals surface area contributed by atoms with Crippen molar-refractivity contribution in [2.24, 2.45) is 0 Å². The van der Waals surface area contributed by atoms with Gasteiger partial charge in [0.1, 0.15) is 0 Å². The second-order valence-electron chi connectivity index (χ2n) is 5.31. The molecule has 1 aliphatic rings. The number of cyclic esters (lactones) is 1. The Labute approximate surface area is 136 Å². The Hall–Kier alpha value is -2.93. The van der Waals surface area contributed by atoms with Crippen LogP contribution in [0.4, 0.5) is 4.79 Å². The summed E-state index contributed by atoms with van der Waals surface area (Å²) in [6.45, 7) is 2.00. The molecule has 0 aliphatic carbocycles. The number of benzene rings is 1. The van der Waals surface area contributed by atoms with Crippen LogP contribution < -0.4 is 0 Å². The van der Waals surface area contributed by atoms with E-state index < -0.39 is 18.4 Å². The van der Waals surface area contributed by atoms with Gasteiger partial charge in [0, 0.05) is 17.9 Å². The standard InChI is InChI=1S/C17H14N2O5/c1-3-23-17(21)19-10-7-5-4-6-9(10)12-11(19)8-18-14-13(12)16(22-2)24-15(14)20/h4-8,16H,3H2,1-2H3. The van der Waals surface area contributed by atoms with Gasteiger partial charge >= 0.3 is 12.1 Å². The molecule has 4 rings (SSSR count). The van der Waals surface area contributed by atoms with E-state index >= 15 is 0 Å². The van der Waals surface area contributed by atoms with E-state index in [0.29, 0.717) is 22.0 Å². The first-order valence-electron chi connectivity index (χ1n) is 7.50. The van der Waals surface area contributed by atoms with Gasteiger partial charge in [0.25, 0.3) is 0 Å². The summed E-state index contributed by atoms with van der Waals surface area (Å²) in [5.74, 6) is -0.535. The van der Waals surface area contributed by atoms with E-state index in [9.17, 15) is 9.59 Å². The topological polar surface area (TPSA) is 79.7 Å². The van der Waals surface area contributed by atoms with Gasteiger partial charge in [0.15, 0.2) is 5.69 Å². The Morgan fingerprint density at radius 3 is 2.88 bits per heavy atom. The van der Waals surface area contributed by atoms with Gasteiger partial charge in [-0.25, -0.2) is 19.1 Å². The van der Waals surface area contributed by atoms with Crippen LogP contribution in [0.5, 0.6) is 0 Å². The average Bonchev–Trinajstić information content (AvgIpc) is 3.10. The summed E-state index contributed by atoms with van der Waals surface area (Å²) >= 11 is 0. The van der Waals surface area contributed by atoms with Crippen molar-refractivity contribution in [3.63, 3.8) is 0 Å². The largest absolute Gasteiger partial charge is 0.449 e. The molecular formula is C17H14N2O5. The monoisotopic (exact) mass is 326 g/mol. The van der Waals surface area contributed by atoms with Crippen LogP contribution >= 0.6 is 0 Å². The summed E-state index contributed by atoms with van der Waals surface area (Å²) in [5, 5.41) is 1.51. The SMILES string of the molecule is CCOC(=O)n1c2ccccc2c2c3c(ncc21)C(=O)OC3OC. The van der Waals surface area contributed by atoms with Crippen molar-refractivity contribution >= 4 is 33.9 Å². The van der Waals surface area contributed by atoms with Crippen LogP contribution in [-0.2, 0) is 14.2 Å². The van der Waals surface area contributed by atoms with Crippen molar-refractivity contribution in [3.8, 4) is 0 Å². The van der Waals surface area contributed by atoms with Crippen LogP contribution in [-0.4, -0.2) is 35.3 Å². The quantitative estimate of drug-likeness (QED) is 0.674. The number of pyridine rings is 1. The minimum absolute atomic E-state index is 0.209. The Balaban J connectivity index is 2.15. The van der Waals surface area contributed by atoms with Crippen molar-refractivity contribution in [1.29, 1.82) is 0 Å². The van der Waals surface area contributed by atoms with Crippen LogP contribution in [0.1, 0.15) is 29.3 Å². The molecule has 3 heterocycles. The maximum absolute atomic E-state index is 12.4. The van der Waals surface area contributed by atoms with Gasteiger partial charge in [-0.05, 0) is 13.0 Å². The molecule has 1 unspecified atom stereocenters. The molecule has 0 fully saturated rings. The fourth-order valence-electron chi connectivity index (χ4n) is 3.13. The van der Waals surface area contributed by atoms with Gasteiger partial charge in [0.2, 0.25) is 6.29 Å². The number of hydrogen-bond acceptors (Lipinski definition) is 6. The number of para-hydroxylation sites is 1. The number of carbonyl (C=O) groups excluding carboxylic acids is 2. The third-order valence-corrected chi connectivity index (χ3v) is 4.06. The molecule has 7 heteroatoms. The Morgan fingerprint density at radius 2 is 2.12 bits per heavy atom. The van der Waals surface area contributed by atoms with Gasteiger partial charge < -0.3 is 14.2 Å². The fraction of sp³-hybridized carbons (Fsp3) is 0.235. The molecule has 0 bridgehead atoms. The van der Waals surface area contributed by atoms with Crippen molar-refractivity contribution in [2.75, 3.05) is 13.7 Å². The first-order valence-corrected chi connectivity index (χ1v) is 7.50. The van der Waals surface area contributed by atoms with E-state index in [1.54, 1.807) is 6.92 Å². The van der Waals surface area contributed by atoms with Gasteiger partial charge in [-0.15, -0.1) is 0 Å². The van der Waals surface area contributed by atoms with Crippen molar-refractivity contribution in [1.82, 2.24) is 9.55 Å². The van der Waals surface area contributed by atoms with Crippen LogP contribution in [0.2, 0.25) is 0 Å². The van der Waals surface area contributed by atoms with Gasteiger partial charge in [-0.3, -0.25) is 0 Å². The van der Waals surface area contributed by atoms with Crippen molar-refractivity contribution in [2.45, 2.75) is 13.2 Å². The number of methoxy groups -OCH3 is 1. The highest BCUT2D eigenvalue weighted by Crippen LogP contribution is 2.40. The first kappa shape index (κ1) is 14.6. The average molecular weight is 326 g/mol. The summed E-state index contributed by atoms with van der Waals surface area (Å²) in [5.41, 5.74) is 1.98. The second kappa shape index (κ2) is 5.31. The van der Waals surface area contributed by atoms with Crippen LogP contribution in [0.15, 0.2) is 30.5 Å². The zero-order chi connectivity index (χ0) is 16.8. The highest BCUT2D eigenvalue weighted by Gasteiger charge is 2.36. The zero-order valence-electron chi connectivity index (χ0n) is 13.1. The van der Waals surface area contributed by atoms with E-state index in [4.69, 9.17) is 14.2 Å². The Morgan fingerprint density at radius 1 is 1.33 bits per heavy atom. The smallest absolute Gasteiger partial charge is 0.419 e. The molecule has 0 N–H and O–H groups in total. The first-order chi connectivity index (χ1) is 11.7. The predicted molar refractivity (Wildman–Crippen MR) is 84.8 cm³/mol. The normalized spacial score (nSPS) is 16.4. The minimum atomic E-state index is -0.842. The van der Waals surface area contributed by atoms with E-state index in [1.165, 1.54) is 17.9 Å². The molecule has 0 spiro atoms. The Kier molecular flexibility index (Phi) is 3.24. The maximum atomic E-state index is 12.4. The van der Waals surface area contributed by atoms with Gasteiger partial charge in [-0.2, -0.15) is 0 Å². The predicted octanol–water partition coefficient (Wildman–Crippen LogP) is 3.01. The Bertz CT molecular complexity index is 991. The number of nitrogens with zero attached hydrogens (tertiary/aromatic N) is 2. The molecule has 122 valence electrons. The molecule has 0 saturated carbocycles. The summed E-state index contributed by atoms with van der Waals surface area (Å²) < 4.78 is 17.1. The third-order valence-electron chi connectivity index (χ3n) is 4.06.